The lowest BCUT2D eigenvalue weighted by Gasteiger charge is -2.02. The van der Waals surface area contributed by atoms with Gasteiger partial charge < -0.3 is 5.32 Å². The van der Waals surface area contributed by atoms with E-state index in [-0.39, 0.29) is 0 Å². The molecule has 0 bridgehead atoms. The van der Waals surface area contributed by atoms with E-state index in [1.807, 2.05) is 0 Å². The van der Waals surface area contributed by atoms with Gasteiger partial charge in [0.15, 0.2) is 5.69 Å². The molecule has 1 aromatic rings. The zero-order valence-corrected chi connectivity index (χ0v) is 7.60. The first-order valence-corrected chi connectivity index (χ1v) is 4.34. The molecule has 3 nitrogen and oxygen atoms in total. The van der Waals surface area contributed by atoms with E-state index in [0.29, 0.717) is 11.9 Å². The van der Waals surface area contributed by atoms with Crippen LogP contribution in [0.2, 0.25) is 0 Å². The van der Waals surface area contributed by atoms with Crippen LogP contribution in [0.1, 0.15) is 18.5 Å². The van der Waals surface area contributed by atoms with Crippen molar-refractivity contribution in [1.29, 1.82) is 0 Å². The van der Waals surface area contributed by atoms with Crippen LogP contribution < -0.4 is 5.32 Å². The highest BCUT2D eigenvalue weighted by molar-refractivity contribution is 5.40. The van der Waals surface area contributed by atoms with Crippen LogP contribution in [0, 0.1) is 0 Å². The Morgan fingerprint density at radius 1 is 1.50 bits per heavy atom. The largest absolute Gasteiger partial charge is 0.435 e. The van der Waals surface area contributed by atoms with Crippen molar-refractivity contribution in [3.63, 3.8) is 0 Å². The van der Waals surface area contributed by atoms with Crippen LogP contribution in [-0.2, 0) is 13.2 Å². The summed E-state index contributed by atoms with van der Waals surface area (Å²) in [6.45, 7) is 0. The first-order chi connectivity index (χ1) is 6.47. The van der Waals surface area contributed by atoms with Crippen LogP contribution in [-0.4, -0.2) is 15.8 Å². The van der Waals surface area contributed by atoms with Crippen LogP contribution in [0.4, 0.5) is 19.0 Å². The molecule has 1 fully saturated rings. The number of anilines is 1. The van der Waals surface area contributed by atoms with Crippen molar-refractivity contribution in [3.8, 4) is 0 Å². The van der Waals surface area contributed by atoms with E-state index >= 15 is 0 Å². The van der Waals surface area contributed by atoms with Gasteiger partial charge in [-0.2, -0.15) is 18.3 Å². The summed E-state index contributed by atoms with van der Waals surface area (Å²) in [6, 6.07) is 1.37. The number of nitrogens with one attached hydrogen (secondary N) is 1. The van der Waals surface area contributed by atoms with Gasteiger partial charge in [-0.15, -0.1) is 0 Å². The first kappa shape index (κ1) is 9.36. The Kier molecular flexibility index (Phi) is 1.94. The maximum Gasteiger partial charge on any atom is 0.435 e. The molecular formula is C8H10F3N3. The van der Waals surface area contributed by atoms with Crippen molar-refractivity contribution in [2.24, 2.45) is 7.05 Å². The van der Waals surface area contributed by atoms with E-state index in [9.17, 15) is 13.2 Å². The van der Waals surface area contributed by atoms with Crippen molar-refractivity contribution in [2.75, 3.05) is 5.32 Å². The van der Waals surface area contributed by atoms with Gasteiger partial charge in [0.05, 0.1) is 0 Å². The summed E-state index contributed by atoms with van der Waals surface area (Å²) in [7, 11) is 1.50. The second kappa shape index (κ2) is 2.90. The fourth-order valence-corrected chi connectivity index (χ4v) is 1.18. The molecule has 0 spiro atoms. The second-order valence-electron chi connectivity index (χ2n) is 3.45. The zero-order valence-electron chi connectivity index (χ0n) is 7.60. The molecule has 0 atom stereocenters. The number of aromatic nitrogens is 2. The van der Waals surface area contributed by atoms with Gasteiger partial charge in [-0.1, -0.05) is 0 Å². The quantitative estimate of drug-likeness (QED) is 0.800. The Hall–Kier alpha value is -1.20. The molecule has 0 amide bonds. The Balaban J connectivity index is 2.19. The molecule has 1 aromatic heterocycles. The number of aryl methyl sites for hydroxylation is 1. The van der Waals surface area contributed by atoms with Crippen LogP contribution in [0.3, 0.4) is 0 Å². The highest BCUT2D eigenvalue weighted by Gasteiger charge is 2.35. The van der Waals surface area contributed by atoms with Crippen molar-refractivity contribution in [2.45, 2.75) is 25.1 Å². The topological polar surface area (TPSA) is 29.9 Å². The maximum absolute atomic E-state index is 12.2. The fraction of sp³-hybridized carbons (Fsp3) is 0.625. The Morgan fingerprint density at radius 3 is 2.57 bits per heavy atom. The molecule has 14 heavy (non-hydrogen) atoms. The monoisotopic (exact) mass is 205 g/mol. The van der Waals surface area contributed by atoms with E-state index in [4.69, 9.17) is 0 Å². The molecule has 0 aromatic carbocycles. The van der Waals surface area contributed by atoms with E-state index in [1.54, 1.807) is 0 Å². The maximum atomic E-state index is 12.2. The van der Waals surface area contributed by atoms with Gasteiger partial charge in [-0.25, -0.2) is 0 Å². The molecule has 0 aliphatic heterocycles. The number of hydrogen-bond donors (Lipinski definition) is 1. The Morgan fingerprint density at radius 2 is 2.14 bits per heavy atom. The lowest BCUT2D eigenvalue weighted by molar-refractivity contribution is -0.141. The summed E-state index contributed by atoms with van der Waals surface area (Å²) < 4.78 is 37.9. The van der Waals surface area contributed by atoms with E-state index < -0.39 is 11.9 Å². The number of hydrogen-bond acceptors (Lipinski definition) is 2. The predicted octanol–water partition coefficient (Wildman–Crippen LogP) is 2.01. The van der Waals surface area contributed by atoms with Crippen molar-refractivity contribution in [3.05, 3.63) is 11.8 Å². The molecule has 1 saturated carbocycles. The van der Waals surface area contributed by atoms with Crippen molar-refractivity contribution < 1.29 is 13.2 Å². The Labute approximate surface area is 78.9 Å². The summed E-state index contributed by atoms with van der Waals surface area (Å²) in [4.78, 5) is 0. The van der Waals surface area contributed by atoms with E-state index in [2.05, 4.69) is 10.4 Å². The first-order valence-electron chi connectivity index (χ1n) is 4.34. The fourth-order valence-electron chi connectivity index (χ4n) is 1.18. The van der Waals surface area contributed by atoms with E-state index in [1.165, 1.54) is 11.7 Å². The highest BCUT2D eigenvalue weighted by Crippen LogP contribution is 2.31. The SMILES string of the molecule is Cn1nc(C(F)(F)F)cc1NC1CC1. The lowest BCUT2D eigenvalue weighted by atomic mass is 10.4. The van der Waals surface area contributed by atoms with Gasteiger partial charge in [0.2, 0.25) is 0 Å². The minimum atomic E-state index is -4.36. The molecule has 1 heterocycles. The summed E-state index contributed by atoms with van der Waals surface area (Å²) in [5, 5.41) is 6.37. The molecule has 0 radical (unpaired) electrons. The summed E-state index contributed by atoms with van der Waals surface area (Å²) in [5.74, 6) is 0.430. The number of alkyl halides is 3. The molecule has 2 rings (SSSR count). The smallest absolute Gasteiger partial charge is 0.368 e. The molecule has 78 valence electrons. The van der Waals surface area contributed by atoms with Gasteiger partial charge in [0, 0.05) is 19.2 Å². The number of rotatable bonds is 2. The number of halogens is 3. The zero-order chi connectivity index (χ0) is 10.3. The van der Waals surface area contributed by atoms with Crippen molar-refractivity contribution in [1.82, 2.24) is 9.78 Å². The lowest BCUT2D eigenvalue weighted by Crippen LogP contribution is -2.07. The van der Waals surface area contributed by atoms with Crippen LogP contribution in [0.25, 0.3) is 0 Å². The highest BCUT2D eigenvalue weighted by atomic mass is 19.4. The summed E-state index contributed by atoms with van der Waals surface area (Å²) in [5.41, 5.74) is -0.844. The van der Waals surface area contributed by atoms with Gasteiger partial charge in [0.1, 0.15) is 5.82 Å². The Bertz CT molecular complexity index is 338. The van der Waals surface area contributed by atoms with Gasteiger partial charge in [-0.3, -0.25) is 4.68 Å². The summed E-state index contributed by atoms with van der Waals surface area (Å²) in [6.07, 6.45) is -2.32. The molecule has 1 N–H and O–H groups in total. The van der Waals surface area contributed by atoms with Crippen LogP contribution >= 0.6 is 0 Å². The minimum absolute atomic E-state index is 0.325. The molecule has 0 unspecified atom stereocenters. The van der Waals surface area contributed by atoms with E-state index in [0.717, 1.165) is 18.9 Å². The molecule has 6 heteroatoms. The third-order valence-corrected chi connectivity index (χ3v) is 2.10. The molecular weight excluding hydrogens is 195 g/mol. The summed E-state index contributed by atoms with van der Waals surface area (Å²) >= 11 is 0. The molecule has 1 aliphatic carbocycles. The number of nitrogens with zero attached hydrogens (tertiary/aromatic N) is 2. The van der Waals surface area contributed by atoms with Crippen molar-refractivity contribution >= 4 is 5.82 Å². The molecule has 0 saturated heterocycles. The third kappa shape index (κ3) is 1.83. The minimum Gasteiger partial charge on any atom is -0.368 e. The van der Waals surface area contributed by atoms with Gasteiger partial charge in [0.25, 0.3) is 0 Å². The van der Waals surface area contributed by atoms with Crippen LogP contribution in [0.5, 0.6) is 0 Å². The second-order valence-corrected chi connectivity index (χ2v) is 3.45. The third-order valence-electron chi connectivity index (χ3n) is 2.10. The normalized spacial score (nSPS) is 17.1. The average molecular weight is 205 g/mol. The molecule has 1 aliphatic rings. The van der Waals surface area contributed by atoms with Gasteiger partial charge >= 0.3 is 6.18 Å². The van der Waals surface area contributed by atoms with Gasteiger partial charge in [-0.05, 0) is 12.8 Å². The standard InChI is InChI=1S/C8H10F3N3/c1-14-7(12-5-2-3-5)4-6(13-14)8(9,10)11/h4-5,12H,2-3H2,1H3. The van der Waals surface area contributed by atoms with Crippen LogP contribution in [0.15, 0.2) is 6.07 Å². The average Bonchev–Trinajstić information content (AvgIpc) is 2.76. The predicted molar refractivity (Wildman–Crippen MR) is 44.9 cm³/mol.